The van der Waals surface area contributed by atoms with Crippen LogP contribution in [-0.4, -0.2) is 44.9 Å². The molecule has 1 saturated heterocycles. The Morgan fingerprint density at radius 3 is 2.88 bits per heavy atom. The number of pyridine rings is 1. The highest BCUT2D eigenvalue weighted by atomic mass is 19.1. The molecule has 0 radical (unpaired) electrons. The van der Waals surface area contributed by atoms with E-state index in [2.05, 4.69) is 15.0 Å². The van der Waals surface area contributed by atoms with Crippen molar-refractivity contribution in [3.63, 3.8) is 0 Å². The van der Waals surface area contributed by atoms with Crippen LogP contribution in [0, 0.1) is 11.7 Å². The highest BCUT2D eigenvalue weighted by Crippen LogP contribution is 2.31. The molecule has 2 N–H and O–H groups in total. The normalized spacial score (nSPS) is 25.1. The van der Waals surface area contributed by atoms with Crippen LogP contribution < -0.4 is 0 Å². The Morgan fingerprint density at radius 2 is 2.09 bits per heavy atom. The van der Waals surface area contributed by atoms with Gasteiger partial charge in [0, 0.05) is 29.8 Å². The fourth-order valence-electron chi connectivity index (χ4n) is 4.21. The number of esters is 1. The minimum atomic E-state index is -1.39. The van der Waals surface area contributed by atoms with Crippen LogP contribution in [0.2, 0.25) is 0 Å². The number of aromatic amines is 1. The van der Waals surface area contributed by atoms with Gasteiger partial charge < -0.3 is 19.6 Å². The number of aromatic nitrogens is 2. The molecule has 2 aliphatic rings. The van der Waals surface area contributed by atoms with Gasteiger partial charge in [-0.25, -0.2) is 14.4 Å². The summed E-state index contributed by atoms with van der Waals surface area (Å²) < 4.78 is 24.6. The standard InChI is InChI=1S/C25H22FN3O5/c26-15-6-8-16(9-7-15)29-24-21(25(32)33-18-4-1-3-17(30)12-18)22(31)20(34-24)11-14-13-28-23-19(14)5-2-10-27-23/h2,5-11,13,17-18,21,30H,1,3-4,12H2,(H,27,28)/b20-11-,29-24?. The Balaban J connectivity index is 1.47. The summed E-state index contributed by atoms with van der Waals surface area (Å²) >= 11 is 0. The van der Waals surface area contributed by atoms with E-state index in [1.807, 2.05) is 6.07 Å². The van der Waals surface area contributed by atoms with Gasteiger partial charge in [-0.05, 0) is 61.7 Å². The second kappa shape index (κ2) is 9.18. The maximum atomic E-state index is 13.3. The van der Waals surface area contributed by atoms with E-state index in [9.17, 15) is 19.1 Å². The number of nitrogens with one attached hydrogen (secondary N) is 1. The summed E-state index contributed by atoms with van der Waals surface area (Å²) in [5.74, 6) is -3.39. The average Bonchev–Trinajstić information content (AvgIpc) is 3.36. The molecule has 3 unspecified atom stereocenters. The van der Waals surface area contributed by atoms with E-state index in [1.54, 1.807) is 18.5 Å². The predicted octanol–water partition coefficient (Wildman–Crippen LogP) is 3.84. The fraction of sp³-hybridized carbons (Fsp3) is 0.280. The number of aliphatic hydroxyl groups is 1. The molecule has 5 rings (SSSR count). The van der Waals surface area contributed by atoms with Gasteiger partial charge >= 0.3 is 5.97 Å². The molecule has 1 saturated carbocycles. The summed E-state index contributed by atoms with van der Waals surface area (Å²) in [5, 5.41) is 10.7. The number of carbonyl (C=O) groups is 2. The van der Waals surface area contributed by atoms with Gasteiger partial charge in [-0.2, -0.15) is 0 Å². The second-order valence-electron chi connectivity index (χ2n) is 8.36. The molecule has 0 bridgehead atoms. The summed E-state index contributed by atoms with van der Waals surface area (Å²) in [5.41, 5.74) is 1.64. The van der Waals surface area contributed by atoms with Crippen LogP contribution in [0.1, 0.15) is 31.2 Å². The molecular weight excluding hydrogens is 441 g/mol. The lowest BCUT2D eigenvalue weighted by Crippen LogP contribution is -2.34. The monoisotopic (exact) mass is 463 g/mol. The van der Waals surface area contributed by atoms with Crippen LogP contribution in [0.3, 0.4) is 0 Å². The lowest BCUT2D eigenvalue weighted by atomic mass is 9.95. The second-order valence-corrected chi connectivity index (χ2v) is 8.36. The van der Waals surface area contributed by atoms with Crippen LogP contribution in [0.15, 0.2) is 59.5 Å². The molecule has 34 heavy (non-hydrogen) atoms. The molecule has 1 aliphatic heterocycles. The molecule has 8 nitrogen and oxygen atoms in total. The van der Waals surface area contributed by atoms with Gasteiger partial charge in [0.2, 0.25) is 11.7 Å². The smallest absolute Gasteiger partial charge is 0.326 e. The number of aliphatic imine (C=N–C) groups is 1. The highest BCUT2D eigenvalue weighted by Gasteiger charge is 2.45. The number of ether oxygens (including phenoxy) is 2. The van der Waals surface area contributed by atoms with Crippen LogP contribution in [0.5, 0.6) is 0 Å². The lowest BCUT2D eigenvalue weighted by molar-refractivity contribution is -0.155. The van der Waals surface area contributed by atoms with E-state index in [-0.39, 0.29) is 11.7 Å². The molecule has 0 amide bonds. The fourth-order valence-corrected chi connectivity index (χ4v) is 4.21. The summed E-state index contributed by atoms with van der Waals surface area (Å²) in [6, 6.07) is 8.91. The van der Waals surface area contributed by atoms with Gasteiger partial charge in [-0.3, -0.25) is 9.59 Å². The van der Waals surface area contributed by atoms with Crippen molar-refractivity contribution in [1.82, 2.24) is 9.97 Å². The predicted molar refractivity (Wildman–Crippen MR) is 122 cm³/mol. The van der Waals surface area contributed by atoms with E-state index in [0.29, 0.717) is 36.2 Å². The molecule has 2 aromatic heterocycles. The number of rotatable bonds is 4. The zero-order valence-electron chi connectivity index (χ0n) is 18.1. The third-order valence-corrected chi connectivity index (χ3v) is 5.92. The largest absolute Gasteiger partial charge is 0.461 e. The van der Waals surface area contributed by atoms with Crippen LogP contribution in [0.4, 0.5) is 10.1 Å². The van der Waals surface area contributed by atoms with Gasteiger partial charge in [-0.1, -0.05) is 0 Å². The van der Waals surface area contributed by atoms with E-state index >= 15 is 0 Å². The molecule has 2 fully saturated rings. The third-order valence-electron chi connectivity index (χ3n) is 5.92. The molecule has 3 atom stereocenters. The van der Waals surface area contributed by atoms with Crippen molar-refractivity contribution in [3.8, 4) is 0 Å². The highest BCUT2D eigenvalue weighted by molar-refractivity contribution is 6.27. The minimum Gasteiger partial charge on any atom is -0.461 e. The van der Waals surface area contributed by atoms with Gasteiger partial charge in [0.25, 0.3) is 0 Å². The van der Waals surface area contributed by atoms with Crippen molar-refractivity contribution in [2.75, 3.05) is 0 Å². The Morgan fingerprint density at radius 1 is 1.26 bits per heavy atom. The van der Waals surface area contributed by atoms with Gasteiger partial charge in [0.15, 0.2) is 11.7 Å². The van der Waals surface area contributed by atoms with Crippen molar-refractivity contribution < 1.29 is 28.6 Å². The zero-order chi connectivity index (χ0) is 23.7. The first-order chi connectivity index (χ1) is 16.5. The third kappa shape index (κ3) is 4.47. The van der Waals surface area contributed by atoms with Gasteiger partial charge in [0.1, 0.15) is 17.6 Å². The van der Waals surface area contributed by atoms with Crippen LogP contribution in [-0.2, 0) is 19.1 Å². The molecule has 1 aromatic carbocycles. The summed E-state index contributed by atoms with van der Waals surface area (Å²) in [6.45, 7) is 0. The quantitative estimate of drug-likeness (QED) is 0.345. The summed E-state index contributed by atoms with van der Waals surface area (Å²) in [6.07, 6.45) is 6.16. The SMILES string of the molecule is O=C(OC1CCCC(O)C1)C1C(=O)/C(=C/c2c[nH]c3ncccc23)OC1=Nc1ccc(F)cc1. The van der Waals surface area contributed by atoms with Crippen molar-refractivity contribution in [1.29, 1.82) is 0 Å². The van der Waals surface area contributed by atoms with E-state index in [1.165, 1.54) is 30.3 Å². The van der Waals surface area contributed by atoms with E-state index < -0.39 is 35.7 Å². The Hall–Kier alpha value is -3.85. The first-order valence-electron chi connectivity index (χ1n) is 11.1. The number of carbonyl (C=O) groups excluding carboxylic acids is 2. The maximum absolute atomic E-state index is 13.3. The number of allylic oxidation sites excluding steroid dienone is 1. The molecule has 3 heterocycles. The first kappa shape index (κ1) is 22.0. The number of hydrogen-bond donors (Lipinski definition) is 2. The Bertz CT molecular complexity index is 1300. The van der Waals surface area contributed by atoms with Crippen LogP contribution >= 0.6 is 0 Å². The molecule has 0 spiro atoms. The molecule has 9 heteroatoms. The molecular formula is C25H22FN3O5. The van der Waals surface area contributed by atoms with Crippen molar-refractivity contribution in [2.24, 2.45) is 10.9 Å². The Labute approximate surface area is 194 Å². The molecule has 3 aromatic rings. The molecule has 1 aliphatic carbocycles. The number of H-pyrrole nitrogens is 1. The summed E-state index contributed by atoms with van der Waals surface area (Å²) in [7, 11) is 0. The maximum Gasteiger partial charge on any atom is 0.326 e. The topological polar surface area (TPSA) is 114 Å². The van der Waals surface area contributed by atoms with Gasteiger partial charge in [0.05, 0.1) is 11.8 Å². The number of hydrogen-bond acceptors (Lipinski definition) is 7. The van der Waals surface area contributed by atoms with Crippen molar-refractivity contribution in [2.45, 2.75) is 37.9 Å². The van der Waals surface area contributed by atoms with Crippen molar-refractivity contribution >= 4 is 40.4 Å². The number of fused-ring (bicyclic) bond motifs is 1. The average molecular weight is 463 g/mol. The van der Waals surface area contributed by atoms with E-state index in [0.717, 1.165) is 11.8 Å². The number of Topliss-reactive ketones (excluding diaryl/α,β-unsaturated/α-hetero) is 1. The Kier molecular flexibility index (Phi) is 5.93. The van der Waals surface area contributed by atoms with E-state index in [4.69, 9.17) is 9.47 Å². The van der Waals surface area contributed by atoms with Crippen LogP contribution in [0.25, 0.3) is 17.1 Å². The number of halogens is 1. The van der Waals surface area contributed by atoms with Gasteiger partial charge in [-0.15, -0.1) is 0 Å². The minimum absolute atomic E-state index is 0.0590. The van der Waals surface area contributed by atoms with Crippen molar-refractivity contribution in [3.05, 3.63) is 65.9 Å². The number of aliphatic hydroxyl groups excluding tert-OH is 1. The number of ketones is 1. The number of benzene rings is 1. The number of nitrogens with zero attached hydrogens (tertiary/aromatic N) is 2. The molecule has 174 valence electrons. The summed E-state index contributed by atoms with van der Waals surface area (Å²) in [4.78, 5) is 37.9. The zero-order valence-corrected chi connectivity index (χ0v) is 18.1. The lowest BCUT2D eigenvalue weighted by Gasteiger charge is -2.26. The first-order valence-corrected chi connectivity index (χ1v) is 11.1.